The Balaban J connectivity index is 1.79. The number of nitrogens with one attached hydrogen (secondary N) is 1. The van der Waals surface area contributed by atoms with Crippen molar-refractivity contribution < 1.29 is 4.74 Å². The number of nitrogens with zero attached hydrogens (tertiary/aromatic N) is 2. The Labute approximate surface area is 155 Å². The van der Waals surface area contributed by atoms with Crippen molar-refractivity contribution in [2.45, 2.75) is 37.7 Å². The van der Waals surface area contributed by atoms with Crippen LogP contribution < -0.4 is 5.32 Å². The van der Waals surface area contributed by atoms with Crippen LogP contribution in [-0.2, 0) is 4.74 Å². The number of hydrogen-bond donors (Lipinski definition) is 1. The summed E-state index contributed by atoms with van der Waals surface area (Å²) < 4.78 is 5.73. The molecule has 1 N–H and O–H groups in total. The first-order valence-corrected chi connectivity index (χ1v) is 10.1. The maximum atomic E-state index is 5.91. The lowest BCUT2D eigenvalue weighted by Crippen LogP contribution is -2.47. The molecule has 1 aromatic carbocycles. The Bertz CT molecular complexity index is 501. The Hall–Kier alpha value is -0.910. The predicted octanol–water partition coefficient (Wildman–Crippen LogP) is 3.90. The van der Waals surface area contributed by atoms with Crippen molar-refractivity contribution in [3.63, 3.8) is 0 Å². The SMILES string of the molecule is CCNC(=NCCSc1ccc(Cl)cc1)N1CCC(OCC)CC1. The number of aliphatic imine (C=N–C) groups is 1. The first-order chi connectivity index (χ1) is 11.7. The zero-order chi connectivity index (χ0) is 17.2. The molecule has 0 aromatic heterocycles. The minimum atomic E-state index is 0.412. The van der Waals surface area contributed by atoms with Gasteiger partial charge in [-0.25, -0.2) is 0 Å². The second-order valence-electron chi connectivity index (χ2n) is 5.68. The summed E-state index contributed by atoms with van der Waals surface area (Å²) in [5.74, 6) is 2.00. The van der Waals surface area contributed by atoms with E-state index in [1.807, 2.05) is 23.9 Å². The van der Waals surface area contributed by atoms with Crippen LogP contribution in [0, 0.1) is 0 Å². The topological polar surface area (TPSA) is 36.9 Å². The fourth-order valence-corrected chi connectivity index (χ4v) is 3.61. The fourth-order valence-electron chi connectivity index (χ4n) is 2.74. The zero-order valence-corrected chi connectivity index (χ0v) is 16.2. The molecule has 4 nitrogen and oxygen atoms in total. The van der Waals surface area contributed by atoms with Crippen molar-refractivity contribution >= 4 is 29.3 Å². The van der Waals surface area contributed by atoms with Crippen LogP contribution in [0.15, 0.2) is 34.2 Å². The van der Waals surface area contributed by atoms with Gasteiger partial charge in [-0.1, -0.05) is 11.6 Å². The van der Waals surface area contributed by atoms with E-state index in [0.29, 0.717) is 6.10 Å². The van der Waals surface area contributed by atoms with Gasteiger partial charge in [0, 0.05) is 41.9 Å². The summed E-state index contributed by atoms with van der Waals surface area (Å²) in [5.41, 5.74) is 0. The van der Waals surface area contributed by atoms with Crippen molar-refractivity contribution in [3.8, 4) is 0 Å². The molecule has 0 spiro atoms. The average molecular weight is 370 g/mol. The van der Waals surface area contributed by atoms with Crippen LogP contribution in [0.25, 0.3) is 0 Å². The van der Waals surface area contributed by atoms with Gasteiger partial charge in [-0.05, 0) is 51.0 Å². The molecule has 0 aliphatic carbocycles. The van der Waals surface area contributed by atoms with Gasteiger partial charge in [-0.3, -0.25) is 4.99 Å². The van der Waals surface area contributed by atoms with Gasteiger partial charge in [0.15, 0.2) is 5.96 Å². The third kappa shape index (κ3) is 6.54. The molecule has 1 fully saturated rings. The van der Waals surface area contributed by atoms with E-state index < -0.39 is 0 Å². The van der Waals surface area contributed by atoms with Gasteiger partial charge in [0.2, 0.25) is 0 Å². The standard InChI is InChI=1S/C18H28ClN3OS/c1-3-20-18(22-12-9-16(10-13-22)23-4-2)21-11-14-24-17-7-5-15(19)6-8-17/h5-8,16H,3-4,9-14H2,1-2H3,(H,20,21). The second kappa shape index (κ2) is 10.9. The first-order valence-electron chi connectivity index (χ1n) is 8.76. The van der Waals surface area contributed by atoms with E-state index in [1.54, 1.807) is 0 Å². The number of guanidine groups is 1. The van der Waals surface area contributed by atoms with Crippen molar-refractivity contribution in [2.24, 2.45) is 4.99 Å². The summed E-state index contributed by atoms with van der Waals surface area (Å²) in [4.78, 5) is 8.37. The lowest BCUT2D eigenvalue weighted by molar-refractivity contribution is 0.0264. The average Bonchev–Trinajstić information content (AvgIpc) is 2.60. The molecule has 0 unspecified atom stereocenters. The highest BCUT2D eigenvalue weighted by Crippen LogP contribution is 2.20. The molecule has 0 atom stereocenters. The Morgan fingerprint density at radius 1 is 1.29 bits per heavy atom. The van der Waals surface area contributed by atoms with Crippen LogP contribution in [0.1, 0.15) is 26.7 Å². The van der Waals surface area contributed by atoms with Gasteiger partial charge in [0.25, 0.3) is 0 Å². The van der Waals surface area contributed by atoms with E-state index in [1.165, 1.54) is 4.90 Å². The van der Waals surface area contributed by atoms with Gasteiger partial charge in [-0.2, -0.15) is 0 Å². The molecule has 0 radical (unpaired) electrons. The maximum absolute atomic E-state index is 5.91. The van der Waals surface area contributed by atoms with Crippen LogP contribution in [0.4, 0.5) is 0 Å². The highest BCUT2D eigenvalue weighted by molar-refractivity contribution is 7.99. The van der Waals surface area contributed by atoms with E-state index in [2.05, 4.69) is 36.2 Å². The molecule has 24 heavy (non-hydrogen) atoms. The predicted molar refractivity (Wildman–Crippen MR) is 104 cm³/mol. The maximum Gasteiger partial charge on any atom is 0.193 e. The van der Waals surface area contributed by atoms with Crippen molar-refractivity contribution in [1.82, 2.24) is 10.2 Å². The summed E-state index contributed by atoms with van der Waals surface area (Å²) in [7, 11) is 0. The summed E-state index contributed by atoms with van der Waals surface area (Å²) in [6.07, 6.45) is 2.57. The molecule has 2 rings (SSSR count). The lowest BCUT2D eigenvalue weighted by atomic mass is 10.1. The summed E-state index contributed by atoms with van der Waals surface area (Å²) in [6.45, 7) is 8.72. The molecular weight excluding hydrogens is 342 g/mol. The van der Waals surface area contributed by atoms with Gasteiger partial charge in [0.1, 0.15) is 0 Å². The third-order valence-corrected chi connectivity index (χ3v) is 5.16. The van der Waals surface area contributed by atoms with Crippen LogP contribution in [0.3, 0.4) is 0 Å². The number of likely N-dealkylation sites (tertiary alicyclic amines) is 1. The summed E-state index contributed by atoms with van der Waals surface area (Å²) in [6, 6.07) is 7.97. The van der Waals surface area contributed by atoms with Crippen molar-refractivity contribution in [1.29, 1.82) is 0 Å². The summed E-state index contributed by atoms with van der Waals surface area (Å²) in [5, 5.41) is 4.19. The highest BCUT2D eigenvalue weighted by Gasteiger charge is 2.21. The number of piperidine rings is 1. The quantitative estimate of drug-likeness (QED) is 0.342. The highest BCUT2D eigenvalue weighted by atomic mass is 35.5. The summed E-state index contributed by atoms with van der Waals surface area (Å²) >= 11 is 7.72. The van der Waals surface area contributed by atoms with Crippen LogP contribution in [-0.4, -0.2) is 55.5 Å². The van der Waals surface area contributed by atoms with Gasteiger partial charge < -0.3 is 15.0 Å². The molecule has 0 bridgehead atoms. The van der Waals surface area contributed by atoms with E-state index in [4.69, 9.17) is 21.3 Å². The van der Waals surface area contributed by atoms with Crippen LogP contribution >= 0.6 is 23.4 Å². The second-order valence-corrected chi connectivity index (χ2v) is 7.28. The Morgan fingerprint density at radius 3 is 2.62 bits per heavy atom. The first kappa shape index (κ1) is 19.4. The normalized spacial score (nSPS) is 16.5. The Kier molecular flexibility index (Phi) is 8.78. The number of benzene rings is 1. The van der Waals surface area contributed by atoms with E-state index in [9.17, 15) is 0 Å². The minimum absolute atomic E-state index is 0.412. The molecule has 134 valence electrons. The largest absolute Gasteiger partial charge is 0.378 e. The molecule has 1 aliphatic heterocycles. The number of halogens is 1. The third-order valence-electron chi connectivity index (χ3n) is 3.91. The van der Waals surface area contributed by atoms with E-state index >= 15 is 0 Å². The molecule has 1 aromatic rings. The van der Waals surface area contributed by atoms with Crippen LogP contribution in [0.2, 0.25) is 5.02 Å². The zero-order valence-electron chi connectivity index (χ0n) is 14.6. The number of ether oxygens (including phenoxy) is 1. The minimum Gasteiger partial charge on any atom is -0.378 e. The van der Waals surface area contributed by atoms with Gasteiger partial charge in [0.05, 0.1) is 12.6 Å². The molecule has 0 saturated carbocycles. The number of hydrogen-bond acceptors (Lipinski definition) is 3. The smallest absolute Gasteiger partial charge is 0.193 e. The van der Waals surface area contributed by atoms with Gasteiger partial charge in [-0.15, -0.1) is 11.8 Å². The van der Waals surface area contributed by atoms with Gasteiger partial charge >= 0.3 is 0 Å². The molecule has 1 saturated heterocycles. The van der Waals surface area contributed by atoms with E-state index in [-0.39, 0.29) is 0 Å². The van der Waals surface area contributed by atoms with E-state index in [0.717, 1.165) is 62.4 Å². The lowest BCUT2D eigenvalue weighted by Gasteiger charge is -2.34. The monoisotopic (exact) mass is 369 g/mol. The fraction of sp³-hybridized carbons (Fsp3) is 0.611. The molecule has 1 aliphatic rings. The number of rotatable bonds is 7. The van der Waals surface area contributed by atoms with Crippen molar-refractivity contribution in [3.05, 3.63) is 29.3 Å². The molecular formula is C18H28ClN3OS. The Morgan fingerprint density at radius 2 is 2.00 bits per heavy atom. The molecule has 1 heterocycles. The van der Waals surface area contributed by atoms with Crippen LogP contribution in [0.5, 0.6) is 0 Å². The van der Waals surface area contributed by atoms with Crippen molar-refractivity contribution in [2.75, 3.05) is 38.5 Å². The molecule has 0 amide bonds. The number of thioether (sulfide) groups is 1. The molecule has 6 heteroatoms.